The molecule has 0 radical (unpaired) electrons. The van der Waals surface area contributed by atoms with Crippen LogP contribution >= 0.6 is 0 Å². The van der Waals surface area contributed by atoms with Crippen LogP contribution in [0.15, 0.2) is 45.7 Å². The number of hydrogen-bond acceptors (Lipinski definition) is 4. The summed E-state index contributed by atoms with van der Waals surface area (Å²) in [6, 6.07) is 12.3. The van der Waals surface area contributed by atoms with Gasteiger partial charge in [0.1, 0.15) is 11.5 Å². The molecule has 1 aromatic carbocycles. The topological polar surface area (TPSA) is 51.3 Å². The number of likely N-dealkylation sites (tertiary alicyclic amines) is 1. The predicted molar refractivity (Wildman–Crippen MR) is 97.4 cm³/mol. The maximum atomic E-state index is 12.8. The fraction of sp³-hybridized carbons (Fsp3) is 0.400. The van der Waals surface area contributed by atoms with Gasteiger partial charge >= 0.3 is 0 Å². The molecule has 0 aliphatic carbocycles. The summed E-state index contributed by atoms with van der Waals surface area (Å²) in [5, 5.41) is 5.32. The summed E-state index contributed by atoms with van der Waals surface area (Å²) in [5.74, 6) is 0.835. The normalized spacial score (nSPS) is 18.7. The summed E-state index contributed by atoms with van der Waals surface area (Å²) < 4.78 is 7.03. The van der Waals surface area contributed by atoms with E-state index in [4.69, 9.17) is 4.52 Å². The van der Waals surface area contributed by atoms with Crippen molar-refractivity contribution in [1.29, 1.82) is 0 Å². The summed E-state index contributed by atoms with van der Waals surface area (Å²) >= 11 is 0. The second-order valence-corrected chi connectivity index (χ2v) is 6.94. The molecule has 1 fully saturated rings. The molecule has 5 heteroatoms. The lowest BCUT2D eigenvalue weighted by atomic mass is 9.98. The van der Waals surface area contributed by atoms with Crippen molar-refractivity contribution in [3.05, 3.63) is 63.8 Å². The third-order valence-corrected chi connectivity index (χ3v) is 5.18. The van der Waals surface area contributed by atoms with Crippen LogP contribution in [0.3, 0.4) is 0 Å². The Hall–Kier alpha value is -2.40. The number of aryl methyl sites for hydroxylation is 2. The van der Waals surface area contributed by atoms with Gasteiger partial charge in [-0.15, -0.1) is 0 Å². The first-order valence-corrected chi connectivity index (χ1v) is 8.88. The van der Waals surface area contributed by atoms with Gasteiger partial charge in [-0.25, -0.2) is 0 Å². The van der Waals surface area contributed by atoms with E-state index in [0.29, 0.717) is 6.54 Å². The fourth-order valence-corrected chi connectivity index (χ4v) is 3.88. The van der Waals surface area contributed by atoms with E-state index in [-0.39, 0.29) is 11.6 Å². The molecule has 130 valence electrons. The van der Waals surface area contributed by atoms with Gasteiger partial charge in [-0.2, -0.15) is 0 Å². The van der Waals surface area contributed by atoms with Crippen molar-refractivity contribution in [1.82, 2.24) is 14.6 Å². The van der Waals surface area contributed by atoms with Gasteiger partial charge in [0.25, 0.3) is 5.56 Å². The van der Waals surface area contributed by atoms with Crippen molar-refractivity contribution in [3.8, 4) is 0 Å². The summed E-state index contributed by atoms with van der Waals surface area (Å²) in [4.78, 5) is 15.2. The number of aromatic nitrogens is 2. The molecule has 1 unspecified atom stereocenters. The lowest BCUT2D eigenvalue weighted by molar-refractivity contribution is 0.133. The molecule has 3 heterocycles. The zero-order valence-electron chi connectivity index (χ0n) is 14.7. The highest BCUT2D eigenvalue weighted by atomic mass is 16.5. The Morgan fingerprint density at radius 3 is 2.88 bits per heavy atom. The van der Waals surface area contributed by atoms with Crippen LogP contribution in [0, 0.1) is 6.92 Å². The molecular weight excluding hydrogens is 314 g/mol. The molecule has 4 rings (SSSR count). The predicted octanol–water partition coefficient (Wildman–Crippen LogP) is 3.56. The minimum atomic E-state index is 0.0827. The average Bonchev–Trinajstić information content (AvgIpc) is 3.06. The van der Waals surface area contributed by atoms with Gasteiger partial charge in [-0.3, -0.25) is 9.69 Å². The van der Waals surface area contributed by atoms with Crippen LogP contribution in [-0.4, -0.2) is 21.2 Å². The SMILES string of the molecule is Cc1cc(C2CCCCN2Cc2cc3ccccc3n(C)c2=O)no1. The van der Waals surface area contributed by atoms with Gasteiger partial charge in [0.05, 0.1) is 11.6 Å². The number of hydrogen-bond donors (Lipinski definition) is 0. The lowest BCUT2D eigenvalue weighted by Gasteiger charge is -2.34. The second kappa shape index (κ2) is 6.48. The second-order valence-electron chi connectivity index (χ2n) is 6.94. The summed E-state index contributed by atoms with van der Waals surface area (Å²) in [5.41, 5.74) is 2.88. The van der Waals surface area contributed by atoms with Crippen molar-refractivity contribution in [2.75, 3.05) is 6.54 Å². The maximum absolute atomic E-state index is 12.8. The van der Waals surface area contributed by atoms with Gasteiger partial charge in [0, 0.05) is 25.2 Å². The lowest BCUT2D eigenvalue weighted by Crippen LogP contribution is -2.35. The molecule has 0 spiro atoms. The Balaban J connectivity index is 1.69. The molecule has 1 saturated heterocycles. The number of para-hydroxylation sites is 1. The Kier molecular flexibility index (Phi) is 4.17. The molecule has 1 aliphatic heterocycles. The van der Waals surface area contributed by atoms with Gasteiger partial charge in [-0.1, -0.05) is 29.8 Å². The van der Waals surface area contributed by atoms with E-state index < -0.39 is 0 Å². The van der Waals surface area contributed by atoms with Crippen molar-refractivity contribution >= 4 is 10.9 Å². The summed E-state index contributed by atoms with van der Waals surface area (Å²) in [6.07, 6.45) is 3.39. The van der Waals surface area contributed by atoms with E-state index >= 15 is 0 Å². The van der Waals surface area contributed by atoms with E-state index in [9.17, 15) is 4.79 Å². The quantitative estimate of drug-likeness (QED) is 0.733. The Morgan fingerprint density at radius 1 is 1.24 bits per heavy atom. The highest BCUT2D eigenvalue weighted by molar-refractivity contribution is 5.79. The molecule has 3 aromatic rings. The minimum Gasteiger partial charge on any atom is -0.361 e. The number of nitrogens with zero attached hydrogens (tertiary/aromatic N) is 3. The molecule has 0 saturated carbocycles. The Labute approximate surface area is 146 Å². The van der Waals surface area contributed by atoms with Crippen molar-refractivity contribution in [3.63, 3.8) is 0 Å². The van der Waals surface area contributed by atoms with Gasteiger partial charge in [0.15, 0.2) is 0 Å². The minimum absolute atomic E-state index is 0.0827. The van der Waals surface area contributed by atoms with Crippen molar-refractivity contribution < 1.29 is 4.52 Å². The van der Waals surface area contributed by atoms with Gasteiger partial charge < -0.3 is 9.09 Å². The first-order valence-electron chi connectivity index (χ1n) is 8.88. The number of piperidine rings is 1. The van der Waals surface area contributed by atoms with E-state index in [0.717, 1.165) is 47.3 Å². The monoisotopic (exact) mass is 337 g/mol. The molecular formula is C20H23N3O2. The molecule has 5 nitrogen and oxygen atoms in total. The highest BCUT2D eigenvalue weighted by Gasteiger charge is 2.27. The van der Waals surface area contributed by atoms with E-state index in [1.165, 1.54) is 6.42 Å². The van der Waals surface area contributed by atoms with Crippen LogP contribution in [0.25, 0.3) is 10.9 Å². The first kappa shape index (κ1) is 16.1. The largest absolute Gasteiger partial charge is 0.361 e. The molecule has 1 aliphatic rings. The van der Waals surface area contributed by atoms with Gasteiger partial charge in [0.2, 0.25) is 0 Å². The maximum Gasteiger partial charge on any atom is 0.255 e. The zero-order chi connectivity index (χ0) is 17.4. The Bertz CT molecular complexity index is 957. The first-order chi connectivity index (χ1) is 12.1. The zero-order valence-corrected chi connectivity index (χ0v) is 14.7. The van der Waals surface area contributed by atoms with Crippen molar-refractivity contribution in [2.45, 2.75) is 38.8 Å². The number of benzene rings is 1. The van der Waals surface area contributed by atoms with Crippen LogP contribution in [0.4, 0.5) is 0 Å². The third-order valence-electron chi connectivity index (χ3n) is 5.18. The smallest absolute Gasteiger partial charge is 0.255 e. The fourth-order valence-electron chi connectivity index (χ4n) is 3.88. The standard InChI is InChI=1S/C20H23N3O2/c1-14-11-17(21-25-14)19-9-5-6-10-23(19)13-16-12-15-7-3-4-8-18(15)22(2)20(16)24/h3-4,7-8,11-12,19H,5-6,9-10,13H2,1-2H3. The molecule has 0 amide bonds. The Morgan fingerprint density at radius 2 is 2.08 bits per heavy atom. The number of pyridine rings is 1. The van der Waals surface area contributed by atoms with Crippen LogP contribution < -0.4 is 5.56 Å². The molecule has 1 atom stereocenters. The molecule has 2 aromatic heterocycles. The van der Waals surface area contributed by atoms with Crippen LogP contribution in [0.5, 0.6) is 0 Å². The summed E-state index contributed by atoms with van der Waals surface area (Å²) in [6.45, 7) is 3.55. The van der Waals surface area contributed by atoms with E-state index in [1.807, 2.05) is 44.3 Å². The average molecular weight is 337 g/mol. The molecule has 0 bridgehead atoms. The number of rotatable bonds is 3. The van der Waals surface area contributed by atoms with E-state index in [1.54, 1.807) is 4.57 Å². The number of fused-ring (bicyclic) bond motifs is 1. The molecule has 25 heavy (non-hydrogen) atoms. The van der Waals surface area contributed by atoms with Crippen LogP contribution in [-0.2, 0) is 13.6 Å². The van der Waals surface area contributed by atoms with Crippen molar-refractivity contribution in [2.24, 2.45) is 7.05 Å². The molecule has 0 N–H and O–H groups in total. The van der Waals surface area contributed by atoms with Crippen LogP contribution in [0.2, 0.25) is 0 Å². The highest BCUT2D eigenvalue weighted by Crippen LogP contribution is 2.31. The van der Waals surface area contributed by atoms with Gasteiger partial charge in [-0.05, 0) is 43.8 Å². The van der Waals surface area contributed by atoms with E-state index in [2.05, 4.69) is 16.1 Å². The third kappa shape index (κ3) is 3.00. The summed E-state index contributed by atoms with van der Waals surface area (Å²) in [7, 11) is 1.85. The van der Waals surface area contributed by atoms with Crippen LogP contribution in [0.1, 0.15) is 42.3 Å².